The van der Waals surface area contributed by atoms with Gasteiger partial charge >= 0.3 is 0 Å². The zero-order valence-corrected chi connectivity index (χ0v) is 10.9. The SMILES string of the molecule is COc1ccc(-c2nnnn2CCCO)cc1OC. The first-order valence-corrected chi connectivity index (χ1v) is 5.89. The van der Waals surface area contributed by atoms with Crippen molar-refractivity contribution in [3.8, 4) is 22.9 Å². The molecular formula is C12H16N4O3. The van der Waals surface area contributed by atoms with E-state index in [1.54, 1.807) is 25.0 Å². The van der Waals surface area contributed by atoms with Crippen molar-refractivity contribution in [3.63, 3.8) is 0 Å². The topological polar surface area (TPSA) is 82.3 Å². The lowest BCUT2D eigenvalue weighted by atomic mass is 10.2. The van der Waals surface area contributed by atoms with Gasteiger partial charge in [-0.15, -0.1) is 5.10 Å². The van der Waals surface area contributed by atoms with E-state index in [1.807, 2.05) is 12.1 Å². The number of aromatic nitrogens is 4. The average molecular weight is 264 g/mol. The summed E-state index contributed by atoms with van der Waals surface area (Å²) in [5.74, 6) is 1.91. The molecule has 7 heteroatoms. The molecular weight excluding hydrogens is 248 g/mol. The molecule has 1 heterocycles. The highest BCUT2D eigenvalue weighted by atomic mass is 16.5. The van der Waals surface area contributed by atoms with Crippen LogP contribution < -0.4 is 9.47 Å². The molecule has 102 valence electrons. The number of nitrogens with zero attached hydrogens (tertiary/aromatic N) is 4. The van der Waals surface area contributed by atoms with E-state index in [0.717, 1.165) is 5.56 Å². The summed E-state index contributed by atoms with van der Waals surface area (Å²) in [7, 11) is 3.17. The molecule has 0 spiro atoms. The van der Waals surface area contributed by atoms with Crippen LogP contribution >= 0.6 is 0 Å². The number of hydrogen-bond donors (Lipinski definition) is 1. The van der Waals surface area contributed by atoms with Crippen LogP contribution in [0.2, 0.25) is 0 Å². The first-order chi connectivity index (χ1) is 9.30. The van der Waals surface area contributed by atoms with Crippen LogP contribution in [0.15, 0.2) is 18.2 Å². The van der Waals surface area contributed by atoms with Crippen molar-refractivity contribution in [2.75, 3.05) is 20.8 Å². The van der Waals surface area contributed by atoms with Crippen LogP contribution in [0.5, 0.6) is 11.5 Å². The Hall–Kier alpha value is -2.15. The Balaban J connectivity index is 2.33. The van der Waals surface area contributed by atoms with Gasteiger partial charge in [0, 0.05) is 18.7 Å². The summed E-state index contributed by atoms with van der Waals surface area (Å²) in [5, 5.41) is 20.4. The third-order valence-electron chi connectivity index (χ3n) is 2.70. The molecule has 0 amide bonds. The number of aliphatic hydroxyl groups is 1. The van der Waals surface area contributed by atoms with Crippen LogP contribution in [-0.2, 0) is 6.54 Å². The van der Waals surface area contributed by atoms with Gasteiger partial charge in [-0.05, 0) is 35.0 Å². The predicted octanol–water partition coefficient (Wildman–Crippen LogP) is 0.740. The third kappa shape index (κ3) is 2.82. The van der Waals surface area contributed by atoms with Crippen molar-refractivity contribution >= 4 is 0 Å². The first kappa shape index (κ1) is 13.3. The normalized spacial score (nSPS) is 10.5. The number of aryl methyl sites for hydroxylation is 1. The Morgan fingerprint density at radius 3 is 2.68 bits per heavy atom. The minimum atomic E-state index is 0.102. The molecule has 0 aliphatic heterocycles. The highest BCUT2D eigenvalue weighted by molar-refractivity contribution is 5.60. The maximum atomic E-state index is 8.86. The molecule has 0 fully saturated rings. The maximum Gasteiger partial charge on any atom is 0.182 e. The largest absolute Gasteiger partial charge is 0.493 e. The number of methoxy groups -OCH3 is 2. The van der Waals surface area contributed by atoms with Crippen molar-refractivity contribution in [2.24, 2.45) is 0 Å². The fourth-order valence-corrected chi connectivity index (χ4v) is 1.76. The molecule has 0 aliphatic carbocycles. The van der Waals surface area contributed by atoms with Gasteiger partial charge in [0.05, 0.1) is 14.2 Å². The Morgan fingerprint density at radius 2 is 2.00 bits per heavy atom. The lowest BCUT2D eigenvalue weighted by Crippen LogP contribution is -2.04. The number of rotatable bonds is 6. The Morgan fingerprint density at radius 1 is 1.21 bits per heavy atom. The molecule has 0 radical (unpaired) electrons. The zero-order chi connectivity index (χ0) is 13.7. The second kappa shape index (κ2) is 6.14. The van der Waals surface area contributed by atoms with Gasteiger partial charge in [0.25, 0.3) is 0 Å². The minimum absolute atomic E-state index is 0.102. The van der Waals surface area contributed by atoms with Crippen molar-refractivity contribution in [1.29, 1.82) is 0 Å². The minimum Gasteiger partial charge on any atom is -0.493 e. The van der Waals surface area contributed by atoms with Crippen LogP contribution in [-0.4, -0.2) is 46.1 Å². The van der Waals surface area contributed by atoms with Crippen LogP contribution in [0, 0.1) is 0 Å². The van der Waals surface area contributed by atoms with Crippen molar-refractivity contribution in [1.82, 2.24) is 20.2 Å². The van der Waals surface area contributed by atoms with Crippen LogP contribution in [0.25, 0.3) is 11.4 Å². The van der Waals surface area contributed by atoms with Gasteiger partial charge in [0.15, 0.2) is 17.3 Å². The Kier molecular flexibility index (Phi) is 4.30. The van der Waals surface area contributed by atoms with E-state index in [2.05, 4.69) is 15.5 Å². The maximum absolute atomic E-state index is 8.86. The molecule has 0 saturated heterocycles. The average Bonchev–Trinajstić information content (AvgIpc) is 2.92. The number of hydrogen-bond acceptors (Lipinski definition) is 6. The molecule has 0 aliphatic rings. The van der Waals surface area contributed by atoms with Gasteiger partial charge in [-0.1, -0.05) is 0 Å². The molecule has 19 heavy (non-hydrogen) atoms. The summed E-state index contributed by atoms with van der Waals surface area (Å²) in [4.78, 5) is 0. The molecule has 0 unspecified atom stereocenters. The lowest BCUT2D eigenvalue weighted by molar-refractivity contribution is 0.276. The van der Waals surface area contributed by atoms with Gasteiger partial charge < -0.3 is 14.6 Å². The van der Waals surface area contributed by atoms with Crippen LogP contribution in [0.1, 0.15) is 6.42 Å². The molecule has 1 aromatic heterocycles. The van der Waals surface area contributed by atoms with E-state index in [-0.39, 0.29) is 6.61 Å². The summed E-state index contributed by atoms with van der Waals surface area (Å²) in [6, 6.07) is 5.49. The van der Waals surface area contributed by atoms with Crippen molar-refractivity contribution in [2.45, 2.75) is 13.0 Å². The molecule has 0 saturated carbocycles. The van der Waals surface area contributed by atoms with Crippen LogP contribution in [0.4, 0.5) is 0 Å². The fraction of sp³-hybridized carbons (Fsp3) is 0.417. The van der Waals surface area contributed by atoms with Gasteiger partial charge in [0.2, 0.25) is 0 Å². The Bertz CT molecular complexity index is 542. The van der Waals surface area contributed by atoms with Crippen molar-refractivity contribution in [3.05, 3.63) is 18.2 Å². The molecule has 0 bridgehead atoms. The van der Waals surface area contributed by atoms with E-state index in [4.69, 9.17) is 14.6 Å². The predicted molar refractivity (Wildman–Crippen MR) is 68.1 cm³/mol. The smallest absolute Gasteiger partial charge is 0.182 e. The standard InChI is InChI=1S/C12H16N4O3/c1-18-10-5-4-9(8-11(10)19-2)12-13-14-15-16(12)6-3-7-17/h4-5,8,17H,3,6-7H2,1-2H3. The molecule has 2 aromatic rings. The van der Waals surface area contributed by atoms with Gasteiger partial charge in [0.1, 0.15) is 0 Å². The third-order valence-corrected chi connectivity index (χ3v) is 2.70. The van der Waals surface area contributed by atoms with E-state index in [0.29, 0.717) is 30.3 Å². The second-order valence-corrected chi connectivity index (χ2v) is 3.87. The molecule has 2 rings (SSSR count). The van der Waals surface area contributed by atoms with E-state index in [1.165, 1.54) is 0 Å². The van der Waals surface area contributed by atoms with Gasteiger partial charge in [-0.2, -0.15) is 0 Å². The number of aliphatic hydroxyl groups excluding tert-OH is 1. The first-order valence-electron chi connectivity index (χ1n) is 5.89. The quantitative estimate of drug-likeness (QED) is 0.828. The van der Waals surface area contributed by atoms with E-state index < -0.39 is 0 Å². The summed E-state index contributed by atoms with van der Waals surface area (Å²) in [6.45, 7) is 0.665. The molecule has 1 N–H and O–H groups in total. The fourth-order valence-electron chi connectivity index (χ4n) is 1.76. The van der Waals surface area contributed by atoms with E-state index in [9.17, 15) is 0 Å². The molecule has 1 aromatic carbocycles. The number of tetrazole rings is 1. The van der Waals surface area contributed by atoms with Gasteiger partial charge in [-0.3, -0.25) is 0 Å². The summed E-state index contributed by atoms with van der Waals surface area (Å²) in [5.41, 5.74) is 0.834. The summed E-state index contributed by atoms with van der Waals surface area (Å²) >= 11 is 0. The lowest BCUT2D eigenvalue weighted by Gasteiger charge is -2.09. The Labute approximate surface area is 110 Å². The van der Waals surface area contributed by atoms with E-state index >= 15 is 0 Å². The molecule has 0 atom stereocenters. The second-order valence-electron chi connectivity index (χ2n) is 3.87. The number of ether oxygens (including phenoxy) is 2. The molecule has 7 nitrogen and oxygen atoms in total. The summed E-state index contributed by atoms with van der Waals surface area (Å²) < 4.78 is 12.1. The van der Waals surface area contributed by atoms with Crippen molar-refractivity contribution < 1.29 is 14.6 Å². The monoisotopic (exact) mass is 264 g/mol. The summed E-state index contributed by atoms with van der Waals surface area (Å²) in [6.07, 6.45) is 0.603. The highest BCUT2D eigenvalue weighted by Gasteiger charge is 2.12. The zero-order valence-electron chi connectivity index (χ0n) is 10.9. The number of benzene rings is 1. The van der Waals surface area contributed by atoms with Crippen LogP contribution in [0.3, 0.4) is 0 Å². The highest BCUT2D eigenvalue weighted by Crippen LogP contribution is 2.31. The van der Waals surface area contributed by atoms with Gasteiger partial charge in [-0.25, -0.2) is 4.68 Å².